The summed E-state index contributed by atoms with van der Waals surface area (Å²) in [4.78, 5) is 14.5. The minimum Gasteiger partial charge on any atom is -0.472 e. The van der Waals surface area contributed by atoms with E-state index in [2.05, 4.69) is 35.1 Å². The van der Waals surface area contributed by atoms with E-state index in [0.717, 1.165) is 19.5 Å². The molecular weight excluding hydrogens is 278 g/mol. The molecule has 0 saturated carbocycles. The van der Waals surface area contributed by atoms with Crippen LogP contribution < -0.4 is 10.9 Å². The van der Waals surface area contributed by atoms with Crippen molar-refractivity contribution in [2.75, 3.05) is 13.1 Å². The lowest BCUT2D eigenvalue weighted by Crippen LogP contribution is -2.47. The maximum Gasteiger partial charge on any atom is 0.257 e. The predicted octanol–water partition coefficient (Wildman–Crippen LogP) is 1.96. The van der Waals surface area contributed by atoms with Gasteiger partial charge in [-0.3, -0.25) is 10.2 Å². The molecular formula is C17H19N3O2. The number of likely N-dealkylation sites (tertiary alicyclic amines) is 1. The second kappa shape index (κ2) is 5.59. The number of hydrogen-bond acceptors (Lipinski definition) is 4. The number of hydrogen-bond donors (Lipinski definition) is 2. The second-order valence-electron chi connectivity index (χ2n) is 6.00. The van der Waals surface area contributed by atoms with Gasteiger partial charge in [0.05, 0.1) is 17.9 Å². The highest BCUT2D eigenvalue weighted by Gasteiger charge is 2.41. The average molecular weight is 297 g/mol. The van der Waals surface area contributed by atoms with Gasteiger partial charge in [0.25, 0.3) is 5.91 Å². The summed E-state index contributed by atoms with van der Waals surface area (Å²) in [6.45, 7) is 1.54. The van der Waals surface area contributed by atoms with Crippen molar-refractivity contribution in [2.24, 2.45) is 5.92 Å². The molecule has 1 aromatic carbocycles. The van der Waals surface area contributed by atoms with Crippen molar-refractivity contribution in [1.82, 2.24) is 15.8 Å². The number of carbonyl (C=O) groups excluding carboxylic acids is 1. The molecule has 0 spiro atoms. The minimum absolute atomic E-state index is 0.0610. The number of fused-ring (bicyclic) bond motifs is 1. The van der Waals surface area contributed by atoms with Crippen LogP contribution in [0.1, 0.15) is 28.4 Å². The number of nitrogens with one attached hydrogen (secondary N) is 2. The van der Waals surface area contributed by atoms with Crippen LogP contribution in [-0.2, 0) is 0 Å². The lowest BCUT2D eigenvalue weighted by molar-refractivity contribution is 0.0652. The van der Waals surface area contributed by atoms with Gasteiger partial charge in [0.2, 0.25) is 0 Å². The number of benzene rings is 1. The van der Waals surface area contributed by atoms with Gasteiger partial charge in [-0.05, 0) is 18.1 Å². The molecule has 2 aliphatic heterocycles. The van der Waals surface area contributed by atoms with E-state index in [4.69, 9.17) is 4.42 Å². The molecule has 3 unspecified atom stereocenters. The quantitative estimate of drug-likeness (QED) is 0.889. The Bertz CT molecular complexity index is 641. The zero-order valence-electron chi connectivity index (χ0n) is 12.2. The third kappa shape index (κ3) is 2.32. The van der Waals surface area contributed by atoms with Crippen LogP contribution in [0.2, 0.25) is 0 Å². The highest BCUT2D eigenvalue weighted by molar-refractivity contribution is 5.93. The van der Waals surface area contributed by atoms with E-state index >= 15 is 0 Å². The van der Waals surface area contributed by atoms with E-state index in [1.54, 1.807) is 12.3 Å². The van der Waals surface area contributed by atoms with Gasteiger partial charge in [-0.15, -0.1) is 0 Å². The summed E-state index contributed by atoms with van der Waals surface area (Å²) in [7, 11) is 0. The Hall–Kier alpha value is -2.11. The number of hydrazine groups is 1. The molecule has 5 nitrogen and oxygen atoms in total. The van der Waals surface area contributed by atoms with E-state index in [-0.39, 0.29) is 11.9 Å². The highest BCUT2D eigenvalue weighted by atomic mass is 16.3. The van der Waals surface area contributed by atoms with Crippen LogP contribution in [-0.4, -0.2) is 29.9 Å². The first-order valence-corrected chi connectivity index (χ1v) is 7.70. The topological polar surface area (TPSA) is 57.5 Å². The van der Waals surface area contributed by atoms with Gasteiger partial charge in [-0.25, -0.2) is 5.43 Å². The van der Waals surface area contributed by atoms with Crippen LogP contribution in [0.3, 0.4) is 0 Å². The van der Waals surface area contributed by atoms with Crippen LogP contribution in [0.5, 0.6) is 0 Å². The van der Waals surface area contributed by atoms with E-state index < -0.39 is 0 Å². The zero-order valence-corrected chi connectivity index (χ0v) is 12.2. The first-order valence-electron chi connectivity index (χ1n) is 7.70. The standard InChI is InChI=1S/C17H19N3O2/c21-17(13-7-9-22-11-13)20-8-6-15-14(10-20)16(19-18-15)12-4-2-1-3-5-12/h1-5,7,9,11,14-16,18-19H,6,8,10H2. The fourth-order valence-corrected chi connectivity index (χ4v) is 3.55. The molecule has 1 aromatic heterocycles. The lowest BCUT2D eigenvalue weighted by Gasteiger charge is -2.36. The molecule has 2 aliphatic rings. The smallest absolute Gasteiger partial charge is 0.257 e. The normalized spacial score (nSPS) is 27.6. The van der Waals surface area contributed by atoms with Gasteiger partial charge >= 0.3 is 0 Å². The fourth-order valence-electron chi connectivity index (χ4n) is 3.55. The fraction of sp³-hybridized carbons (Fsp3) is 0.353. The van der Waals surface area contributed by atoms with Gasteiger partial charge in [-0.2, -0.15) is 0 Å². The van der Waals surface area contributed by atoms with E-state index in [1.165, 1.54) is 11.8 Å². The Labute approximate surface area is 129 Å². The number of nitrogens with zero attached hydrogens (tertiary/aromatic N) is 1. The Morgan fingerprint density at radius 1 is 1.18 bits per heavy atom. The maximum absolute atomic E-state index is 12.5. The molecule has 0 aliphatic carbocycles. The molecule has 4 rings (SSSR count). The van der Waals surface area contributed by atoms with E-state index in [0.29, 0.717) is 17.5 Å². The van der Waals surface area contributed by atoms with Crippen LogP contribution in [0.4, 0.5) is 0 Å². The van der Waals surface area contributed by atoms with Crippen LogP contribution in [0.15, 0.2) is 53.3 Å². The summed E-state index contributed by atoms with van der Waals surface area (Å²) in [5, 5.41) is 0. The molecule has 2 saturated heterocycles. The van der Waals surface area contributed by atoms with Crippen molar-refractivity contribution in [1.29, 1.82) is 0 Å². The monoisotopic (exact) mass is 297 g/mol. The van der Waals surface area contributed by atoms with Gasteiger partial charge in [0.1, 0.15) is 6.26 Å². The molecule has 5 heteroatoms. The number of furan rings is 1. The zero-order chi connectivity index (χ0) is 14.9. The molecule has 3 heterocycles. The molecule has 3 atom stereocenters. The minimum atomic E-state index is 0.0610. The van der Waals surface area contributed by atoms with Crippen LogP contribution in [0.25, 0.3) is 0 Å². The van der Waals surface area contributed by atoms with Crippen molar-refractivity contribution < 1.29 is 9.21 Å². The Morgan fingerprint density at radius 2 is 2.05 bits per heavy atom. The van der Waals surface area contributed by atoms with Crippen LogP contribution in [0, 0.1) is 5.92 Å². The van der Waals surface area contributed by atoms with Crippen molar-refractivity contribution in [3.8, 4) is 0 Å². The SMILES string of the molecule is O=C(c1ccoc1)N1CCC2NNC(c3ccccc3)C2C1. The lowest BCUT2D eigenvalue weighted by atomic mass is 9.85. The molecule has 2 aromatic rings. The summed E-state index contributed by atoms with van der Waals surface area (Å²) in [5.74, 6) is 0.443. The molecule has 0 radical (unpaired) electrons. The third-order valence-corrected chi connectivity index (χ3v) is 4.72. The first-order chi connectivity index (χ1) is 10.8. The summed E-state index contributed by atoms with van der Waals surface area (Å²) in [6.07, 6.45) is 4.03. The Morgan fingerprint density at radius 3 is 2.82 bits per heavy atom. The Balaban J connectivity index is 1.53. The largest absolute Gasteiger partial charge is 0.472 e. The van der Waals surface area contributed by atoms with Crippen LogP contribution >= 0.6 is 0 Å². The molecule has 2 fully saturated rings. The highest BCUT2D eigenvalue weighted by Crippen LogP contribution is 2.33. The molecule has 0 bridgehead atoms. The van der Waals surface area contributed by atoms with Crippen molar-refractivity contribution in [3.05, 3.63) is 60.1 Å². The number of rotatable bonds is 2. The predicted molar refractivity (Wildman–Crippen MR) is 82.0 cm³/mol. The number of amides is 1. The molecule has 1 amide bonds. The van der Waals surface area contributed by atoms with Crippen molar-refractivity contribution >= 4 is 5.91 Å². The maximum atomic E-state index is 12.5. The summed E-state index contributed by atoms with van der Waals surface area (Å²) >= 11 is 0. The second-order valence-corrected chi connectivity index (χ2v) is 6.00. The van der Waals surface area contributed by atoms with E-state index in [9.17, 15) is 4.79 Å². The van der Waals surface area contributed by atoms with Gasteiger partial charge < -0.3 is 9.32 Å². The van der Waals surface area contributed by atoms with E-state index in [1.807, 2.05) is 11.0 Å². The summed E-state index contributed by atoms with van der Waals surface area (Å²) < 4.78 is 5.03. The van der Waals surface area contributed by atoms with Gasteiger partial charge in [-0.1, -0.05) is 30.3 Å². The third-order valence-electron chi connectivity index (χ3n) is 4.72. The number of piperidine rings is 1. The summed E-state index contributed by atoms with van der Waals surface area (Å²) in [5.41, 5.74) is 8.69. The number of carbonyl (C=O) groups is 1. The van der Waals surface area contributed by atoms with Gasteiger partial charge in [0, 0.05) is 25.0 Å². The van der Waals surface area contributed by atoms with Crippen molar-refractivity contribution in [3.63, 3.8) is 0 Å². The first kappa shape index (κ1) is 13.5. The van der Waals surface area contributed by atoms with Crippen molar-refractivity contribution in [2.45, 2.75) is 18.5 Å². The molecule has 114 valence electrons. The van der Waals surface area contributed by atoms with Gasteiger partial charge in [0.15, 0.2) is 0 Å². The molecule has 22 heavy (non-hydrogen) atoms. The Kier molecular flexibility index (Phi) is 3.44. The summed E-state index contributed by atoms with van der Waals surface area (Å²) in [6, 6.07) is 12.8. The molecule has 2 N–H and O–H groups in total. The average Bonchev–Trinajstić information content (AvgIpc) is 3.24.